The number of para-hydroxylation sites is 3. The first kappa shape index (κ1) is 13.4. The van der Waals surface area contributed by atoms with Gasteiger partial charge in [-0.15, -0.1) is 0 Å². The van der Waals surface area contributed by atoms with Gasteiger partial charge in [0.15, 0.2) is 5.82 Å². The van der Waals surface area contributed by atoms with E-state index in [1.54, 1.807) is 7.11 Å². The molecule has 4 heteroatoms. The Bertz CT molecular complexity index is 756. The number of methoxy groups -OCH3 is 1. The summed E-state index contributed by atoms with van der Waals surface area (Å²) in [5, 5.41) is 0. The van der Waals surface area contributed by atoms with Gasteiger partial charge >= 0.3 is 0 Å². The van der Waals surface area contributed by atoms with E-state index < -0.39 is 0 Å². The van der Waals surface area contributed by atoms with Crippen LogP contribution < -0.4 is 4.74 Å². The van der Waals surface area contributed by atoms with Crippen molar-refractivity contribution < 1.29 is 4.74 Å². The molecule has 0 unspecified atom stereocenters. The number of aromatic amines is 1. The van der Waals surface area contributed by atoms with Crippen molar-refractivity contribution in [3.05, 3.63) is 59.9 Å². The van der Waals surface area contributed by atoms with E-state index >= 15 is 0 Å². The van der Waals surface area contributed by atoms with Crippen LogP contribution in [0.15, 0.2) is 53.5 Å². The molecule has 0 saturated carbocycles. The van der Waals surface area contributed by atoms with E-state index in [2.05, 4.69) is 15.0 Å². The summed E-state index contributed by atoms with van der Waals surface area (Å²) < 4.78 is 5.34. The monoisotopic (exact) mass is 279 g/mol. The lowest BCUT2D eigenvalue weighted by atomic mass is 10.2. The average Bonchev–Trinajstić information content (AvgIpc) is 2.97. The van der Waals surface area contributed by atoms with Crippen LogP contribution in [0.5, 0.6) is 5.75 Å². The minimum atomic E-state index is 0.576. The summed E-state index contributed by atoms with van der Waals surface area (Å²) in [5.41, 5.74) is 3.94. The van der Waals surface area contributed by atoms with Crippen molar-refractivity contribution in [2.75, 3.05) is 7.11 Å². The lowest BCUT2D eigenvalue weighted by Gasteiger charge is -2.05. The van der Waals surface area contributed by atoms with E-state index in [0.717, 1.165) is 33.9 Å². The van der Waals surface area contributed by atoms with Crippen molar-refractivity contribution in [1.82, 2.24) is 9.97 Å². The van der Waals surface area contributed by atoms with Gasteiger partial charge in [-0.2, -0.15) is 0 Å². The van der Waals surface area contributed by atoms with Crippen molar-refractivity contribution in [3.63, 3.8) is 0 Å². The standard InChI is InChI=1S/C17H17N3O/c1-12(17-19-14-8-4-5-9-15(14)20-17)18-11-13-7-3-6-10-16(13)21-2/h3-10H,11H2,1-2H3,(H,19,20). The summed E-state index contributed by atoms with van der Waals surface area (Å²) in [6, 6.07) is 15.9. The Labute approximate surface area is 123 Å². The number of ether oxygens (including phenoxy) is 1. The molecule has 4 nitrogen and oxygen atoms in total. The number of H-pyrrole nitrogens is 1. The van der Waals surface area contributed by atoms with Crippen LogP contribution >= 0.6 is 0 Å². The molecule has 0 amide bonds. The zero-order valence-electron chi connectivity index (χ0n) is 12.1. The molecule has 0 aliphatic carbocycles. The van der Waals surface area contributed by atoms with Crippen molar-refractivity contribution in [1.29, 1.82) is 0 Å². The Kier molecular flexibility index (Phi) is 3.69. The van der Waals surface area contributed by atoms with E-state index in [-0.39, 0.29) is 0 Å². The van der Waals surface area contributed by atoms with E-state index in [1.165, 1.54) is 0 Å². The molecule has 1 aromatic heterocycles. The van der Waals surface area contributed by atoms with Crippen molar-refractivity contribution in [2.45, 2.75) is 13.5 Å². The Morgan fingerprint density at radius 3 is 2.71 bits per heavy atom. The molecule has 0 aliphatic rings. The minimum absolute atomic E-state index is 0.576. The number of hydrogen-bond acceptors (Lipinski definition) is 3. The predicted octanol–water partition coefficient (Wildman–Crippen LogP) is 3.58. The highest BCUT2D eigenvalue weighted by molar-refractivity contribution is 5.98. The number of aliphatic imine (C=N–C) groups is 1. The maximum absolute atomic E-state index is 5.34. The maximum Gasteiger partial charge on any atom is 0.152 e. The molecule has 0 fully saturated rings. The molecule has 0 spiro atoms. The summed E-state index contributed by atoms with van der Waals surface area (Å²) >= 11 is 0. The zero-order chi connectivity index (χ0) is 14.7. The number of nitrogens with one attached hydrogen (secondary N) is 1. The Morgan fingerprint density at radius 1 is 1.14 bits per heavy atom. The highest BCUT2D eigenvalue weighted by Crippen LogP contribution is 2.18. The first-order valence-electron chi connectivity index (χ1n) is 6.86. The number of aromatic nitrogens is 2. The van der Waals surface area contributed by atoms with E-state index in [1.807, 2.05) is 55.5 Å². The van der Waals surface area contributed by atoms with Gasteiger partial charge in [0.2, 0.25) is 0 Å². The normalized spacial score (nSPS) is 11.8. The van der Waals surface area contributed by atoms with Crippen molar-refractivity contribution in [2.24, 2.45) is 4.99 Å². The molecule has 1 N–H and O–H groups in total. The van der Waals surface area contributed by atoms with Crippen LogP contribution in [0.25, 0.3) is 11.0 Å². The highest BCUT2D eigenvalue weighted by atomic mass is 16.5. The summed E-state index contributed by atoms with van der Waals surface area (Å²) in [4.78, 5) is 12.4. The molecule has 0 aliphatic heterocycles. The number of fused-ring (bicyclic) bond motifs is 1. The number of rotatable bonds is 4. The summed E-state index contributed by atoms with van der Waals surface area (Å²) in [7, 11) is 1.68. The predicted molar refractivity (Wildman–Crippen MR) is 85.0 cm³/mol. The number of hydrogen-bond donors (Lipinski definition) is 1. The average molecular weight is 279 g/mol. The van der Waals surface area contributed by atoms with Crippen molar-refractivity contribution >= 4 is 16.7 Å². The molecule has 3 rings (SSSR count). The van der Waals surface area contributed by atoms with Gasteiger partial charge in [-0.3, -0.25) is 4.99 Å². The molecule has 1 heterocycles. The van der Waals surface area contributed by atoms with Crippen LogP contribution in [0, 0.1) is 0 Å². The second-order valence-electron chi connectivity index (χ2n) is 4.82. The third-order valence-corrected chi connectivity index (χ3v) is 3.41. The fourth-order valence-corrected chi connectivity index (χ4v) is 2.24. The van der Waals surface area contributed by atoms with Crippen LogP contribution in [0.1, 0.15) is 18.3 Å². The van der Waals surface area contributed by atoms with Crippen LogP contribution in [-0.4, -0.2) is 22.8 Å². The largest absolute Gasteiger partial charge is 0.496 e. The highest BCUT2D eigenvalue weighted by Gasteiger charge is 2.06. The molecule has 21 heavy (non-hydrogen) atoms. The van der Waals surface area contributed by atoms with E-state index in [4.69, 9.17) is 4.74 Å². The first-order valence-corrected chi connectivity index (χ1v) is 6.86. The number of benzene rings is 2. The maximum atomic E-state index is 5.34. The topological polar surface area (TPSA) is 50.3 Å². The quantitative estimate of drug-likeness (QED) is 0.742. The fourth-order valence-electron chi connectivity index (χ4n) is 2.24. The van der Waals surface area contributed by atoms with Gasteiger partial charge in [0.25, 0.3) is 0 Å². The van der Waals surface area contributed by atoms with Gasteiger partial charge in [-0.25, -0.2) is 4.98 Å². The fraction of sp³-hybridized carbons (Fsp3) is 0.176. The molecule has 0 bridgehead atoms. The molecule has 2 aromatic carbocycles. The van der Waals surface area contributed by atoms with Gasteiger partial charge in [-0.1, -0.05) is 30.3 Å². The third-order valence-electron chi connectivity index (χ3n) is 3.41. The Morgan fingerprint density at radius 2 is 1.90 bits per heavy atom. The zero-order valence-corrected chi connectivity index (χ0v) is 12.1. The molecule has 0 radical (unpaired) electrons. The molecular formula is C17H17N3O. The molecule has 106 valence electrons. The van der Waals surface area contributed by atoms with Crippen LogP contribution in [-0.2, 0) is 6.54 Å². The summed E-state index contributed by atoms with van der Waals surface area (Å²) in [5.74, 6) is 1.67. The van der Waals surface area contributed by atoms with Crippen molar-refractivity contribution in [3.8, 4) is 5.75 Å². The van der Waals surface area contributed by atoms with E-state index in [9.17, 15) is 0 Å². The second-order valence-corrected chi connectivity index (χ2v) is 4.82. The smallest absolute Gasteiger partial charge is 0.152 e. The Balaban J connectivity index is 1.85. The first-order chi connectivity index (χ1) is 10.3. The summed E-state index contributed by atoms with van der Waals surface area (Å²) in [6.07, 6.45) is 0. The summed E-state index contributed by atoms with van der Waals surface area (Å²) in [6.45, 7) is 2.54. The SMILES string of the molecule is COc1ccccc1CN=C(C)c1nc2ccccc2[nH]1. The van der Waals surface area contributed by atoms with Gasteiger partial charge in [0.05, 0.1) is 30.4 Å². The number of imidazole rings is 1. The van der Waals surface area contributed by atoms with Crippen LogP contribution in [0.4, 0.5) is 0 Å². The van der Waals surface area contributed by atoms with Gasteiger partial charge in [0, 0.05) is 5.56 Å². The van der Waals surface area contributed by atoms with Crippen LogP contribution in [0.2, 0.25) is 0 Å². The van der Waals surface area contributed by atoms with Gasteiger partial charge < -0.3 is 9.72 Å². The minimum Gasteiger partial charge on any atom is -0.496 e. The van der Waals surface area contributed by atoms with E-state index in [0.29, 0.717) is 6.54 Å². The second kappa shape index (κ2) is 5.79. The van der Waals surface area contributed by atoms with Gasteiger partial charge in [-0.05, 0) is 25.1 Å². The number of nitrogens with zero attached hydrogens (tertiary/aromatic N) is 2. The third kappa shape index (κ3) is 2.79. The molecule has 3 aromatic rings. The lowest BCUT2D eigenvalue weighted by molar-refractivity contribution is 0.410. The molecule has 0 saturated heterocycles. The molecule has 0 atom stereocenters. The molecular weight excluding hydrogens is 262 g/mol. The lowest BCUT2D eigenvalue weighted by Crippen LogP contribution is -1.99. The van der Waals surface area contributed by atoms with Crippen LogP contribution in [0.3, 0.4) is 0 Å². The Hall–Kier alpha value is -2.62. The van der Waals surface area contributed by atoms with Gasteiger partial charge in [0.1, 0.15) is 5.75 Å².